The minimum atomic E-state index is -1.14. The van der Waals surface area contributed by atoms with Gasteiger partial charge in [0.2, 0.25) is 5.79 Å². The first-order valence-corrected chi connectivity index (χ1v) is 6.85. The summed E-state index contributed by atoms with van der Waals surface area (Å²) in [6.45, 7) is 0. The van der Waals surface area contributed by atoms with Gasteiger partial charge < -0.3 is 14.6 Å². The molecule has 1 fully saturated rings. The zero-order valence-corrected chi connectivity index (χ0v) is 11.7. The van der Waals surface area contributed by atoms with Gasteiger partial charge in [-0.05, 0) is 30.7 Å². The molecule has 3 nitrogen and oxygen atoms in total. The van der Waals surface area contributed by atoms with E-state index >= 15 is 0 Å². The molecule has 1 aliphatic carbocycles. The number of ether oxygens (including phenoxy) is 2. The van der Waals surface area contributed by atoms with Crippen molar-refractivity contribution in [1.82, 2.24) is 0 Å². The Hall–Kier alpha value is -0.840. The smallest absolute Gasteiger partial charge is 0.231 e. The summed E-state index contributed by atoms with van der Waals surface area (Å²) in [6.07, 6.45) is 4.31. The van der Waals surface area contributed by atoms with Gasteiger partial charge in [0.1, 0.15) is 5.75 Å². The standard InChI is InChI=1S/C14H15BrO3/c1-17-12-4-5-14(16)10(8-12)6-9-7-11(15)2-3-13(9)18-14/h2-3,6-7,12,16H,4-5,8H2,1H3. The Morgan fingerprint density at radius 3 is 3.11 bits per heavy atom. The third kappa shape index (κ3) is 1.98. The second-order valence-corrected chi connectivity index (χ2v) is 5.75. The third-order valence-corrected chi connectivity index (χ3v) is 4.16. The van der Waals surface area contributed by atoms with Crippen LogP contribution in [-0.2, 0) is 4.74 Å². The highest BCUT2D eigenvalue weighted by Gasteiger charge is 2.42. The molecular formula is C14H15BrO3. The average Bonchev–Trinajstić information content (AvgIpc) is 2.36. The van der Waals surface area contributed by atoms with Gasteiger partial charge in [0.15, 0.2) is 0 Å². The molecule has 1 aromatic carbocycles. The summed E-state index contributed by atoms with van der Waals surface area (Å²) >= 11 is 3.45. The number of fused-ring (bicyclic) bond motifs is 2. The summed E-state index contributed by atoms with van der Waals surface area (Å²) < 4.78 is 12.2. The van der Waals surface area contributed by atoms with Crippen LogP contribution >= 0.6 is 15.9 Å². The second kappa shape index (κ2) is 4.37. The summed E-state index contributed by atoms with van der Waals surface area (Å²) in [5.41, 5.74) is 1.91. The Bertz CT molecular complexity index is 512. The highest BCUT2D eigenvalue weighted by molar-refractivity contribution is 9.10. The van der Waals surface area contributed by atoms with E-state index in [1.807, 2.05) is 24.3 Å². The highest BCUT2D eigenvalue weighted by atomic mass is 79.9. The molecule has 0 spiro atoms. The number of hydrogen-bond donors (Lipinski definition) is 1. The quantitative estimate of drug-likeness (QED) is 0.866. The van der Waals surface area contributed by atoms with E-state index in [1.165, 1.54) is 0 Å². The molecule has 0 saturated heterocycles. The lowest BCUT2D eigenvalue weighted by Crippen LogP contribution is -2.45. The van der Waals surface area contributed by atoms with Gasteiger partial charge in [0, 0.05) is 35.6 Å². The van der Waals surface area contributed by atoms with Gasteiger partial charge in [-0.1, -0.05) is 15.9 Å². The van der Waals surface area contributed by atoms with Crippen LogP contribution in [0, 0.1) is 0 Å². The fourth-order valence-corrected chi connectivity index (χ4v) is 2.99. The van der Waals surface area contributed by atoms with Crippen LogP contribution in [0.5, 0.6) is 5.75 Å². The predicted molar refractivity (Wildman–Crippen MR) is 72.3 cm³/mol. The molecule has 0 aromatic heterocycles. The molecule has 1 N–H and O–H groups in total. The molecule has 4 heteroatoms. The molecule has 18 heavy (non-hydrogen) atoms. The molecule has 1 aromatic rings. The van der Waals surface area contributed by atoms with Crippen LogP contribution in [0.2, 0.25) is 0 Å². The summed E-state index contributed by atoms with van der Waals surface area (Å²) in [4.78, 5) is 0. The Labute approximate surface area is 115 Å². The predicted octanol–water partition coefficient (Wildman–Crippen LogP) is 3.11. The molecule has 2 atom stereocenters. The fourth-order valence-electron chi connectivity index (χ4n) is 2.61. The third-order valence-electron chi connectivity index (χ3n) is 3.67. The maximum atomic E-state index is 10.6. The fraction of sp³-hybridized carbons (Fsp3) is 0.429. The monoisotopic (exact) mass is 310 g/mol. The van der Waals surface area contributed by atoms with E-state index in [2.05, 4.69) is 15.9 Å². The highest BCUT2D eigenvalue weighted by Crippen LogP contribution is 2.43. The normalized spacial score (nSPS) is 29.9. The maximum Gasteiger partial charge on any atom is 0.231 e. The van der Waals surface area contributed by atoms with Crippen LogP contribution < -0.4 is 4.74 Å². The lowest BCUT2D eigenvalue weighted by atomic mass is 9.84. The molecule has 1 heterocycles. The average molecular weight is 311 g/mol. The Morgan fingerprint density at radius 2 is 2.33 bits per heavy atom. The minimum absolute atomic E-state index is 0.175. The molecule has 2 aliphatic rings. The van der Waals surface area contributed by atoms with Gasteiger partial charge >= 0.3 is 0 Å². The van der Waals surface area contributed by atoms with E-state index in [4.69, 9.17) is 9.47 Å². The van der Waals surface area contributed by atoms with Crippen LogP contribution in [0.4, 0.5) is 0 Å². The molecule has 0 bridgehead atoms. The summed E-state index contributed by atoms with van der Waals surface area (Å²) in [7, 11) is 1.71. The topological polar surface area (TPSA) is 38.7 Å². The molecular weight excluding hydrogens is 296 g/mol. The number of methoxy groups -OCH3 is 1. The Balaban J connectivity index is 2.01. The Morgan fingerprint density at radius 1 is 1.50 bits per heavy atom. The van der Waals surface area contributed by atoms with Gasteiger partial charge in [-0.15, -0.1) is 0 Å². The SMILES string of the molecule is COC1CCC2(O)Oc3ccc(Br)cc3C=C2C1. The second-order valence-electron chi connectivity index (χ2n) is 4.84. The molecule has 96 valence electrons. The van der Waals surface area contributed by atoms with Crippen molar-refractivity contribution >= 4 is 22.0 Å². The molecule has 1 saturated carbocycles. The van der Waals surface area contributed by atoms with Crippen LogP contribution in [-0.4, -0.2) is 24.1 Å². The van der Waals surface area contributed by atoms with Crippen molar-refractivity contribution in [2.24, 2.45) is 0 Å². The minimum Gasteiger partial charge on any atom is -0.458 e. The van der Waals surface area contributed by atoms with E-state index in [1.54, 1.807) is 7.11 Å². The number of benzene rings is 1. The first-order valence-electron chi connectivity index (χ1n) is 6.05. The zero-order chi connectivity index (χ0) is 12.8. The molecule has 3 rings (SSSR count). The van der Waals surface area contributed by atoms with Crippen molar-refractivity contribution in [2.45, 2.75) is 31.2 Å². The van der Waals surface area contributed by atoms with E-state index < -0.39 is 5.79 Å². The number of aliphatic hydroxyl groups is 1. The Kier molecular flexibility index (Phi) is 2.96. The molecule has 0 radical (unpaired) electrons. The van der Waals surface area contributed by atoms with Gasteiger partial charge in [-0.3, -0.25) is 0 Å². The van der Waals surface area contributed by atoms with E-state index in [0.717, 1.165) is 34.2 Å². The van der Waals surface area contributed by atoms with Crippen molar-refractivity contribution < 1.29 is 14.6 Å². The van der Waals surface area contributed by atoms with E-state index in [9.17, 15) is 5.11 Å². The number of hydrogen-bond acceptors (Lipinski definition) is 3. The van der Waals surface area contributed by atoms with Crippen LogP contribution in [0.1, 0.15) is 24.8 Å². The largest absolute Gasteiger partial charge is 0.458 e. The van der Waals surface area contributed by atoms with Gasteiger partial charge in [-0.25, -0.2) is 0 Å². The first kappa shape index (κ1) is 12.2. The maximum absolute atomic E-state index is 10.6. The van der Waals surface area contributed by atoms with Crippen molar-refractivity contribution in [3.63, 3.8) is 0 Å². The molecule has 1 aliphatic heterocycles. The lowest BCUT2D eigenvalue weighted by Gasteiger charge is -2.40. The number of halogens is 1. The van der Waals surface area contributed by atoms with Crippen molar-refractivity contribution in [3.8, 4) is 5.75 Å². The number of rotatable bonds is 1. The van der Waals surface area contributed by atoms with Crippen molar-refractivity contribution in [2.75, 3.05) is 7.11 Å². The summed E-state index contributed by atoms with van der Waals surface area (Å²) in [6, 6.07) is 5.80. The molecule has 2 unspecified atom stereocenters. The van der Waals surface area contributed by atoms with E-state index in [0.29, 0.717) is 6.42 Å². The van der Waals surface area contributed by atoms with E-state index in [-0.39, 0.29) is 6.10 Å². The summed E-state index contributed by atoms with van der Waals surface area (Å²) in [5, 5.41) is 10.6. The zero-order valence-electron chi connectivity index (χ0n) is 10.1. The van der Waals surface area contributed by atoms with Gasteiger partial charge in [0.05, 0.1) is 6.10 Å². The van der Waals surface area contributed by atoms with Crippen LogP contribution in [0.15, 0.2) is 28.2 Å². The lowest BCUT2D eigenvalue weighted by molar-refractivity contribution is -0.135. The van der Waals surface area contributed by atoms with Crippen molar-refractivity contribution in [3.05, 3.63) is 33.8 Å². The molecule has 0 amide bonds. The summed E-state index contributed by atoms with van der Waals surface area (Å²) in [5.74, 6) is -0.407. The van der Waals surface area contributed by atoms with Crippen LogP contribution in [0.3, 0.4) is 0 Å². The van der Waals surface area contributed by atoms with Crippen LogP contribution in [0.25, 0.3) is 6.08 Å². The van der Waals surface area contributed by atoms with Gasteiger partial charge in [-0.2, -0.15) is 0 Å². The van der Waals surface area contributed by atoms with Crippen molar-refractivity contribution in [1.29, 1.82) is 0 Å². The first-order chi connectivity index (χ1) is 8.60. The van der Waals surface area contributed by atoms with Gasteiger partial charge in [0.25, 0.3) is 0 Å².